The van der Waals surface area contributed by atoms with Crippen molar-refractivity contribution in [3.63, 3.8) is 0 Å². The van der Waals surface area contributed by atoms with E-state index in [-0.39, 0.29) is 11.3 Å². The summed E-state index contributed by atoms with van der Waals surface area (Å²) in [6, 6.07) is 12.3. The first-order valence-corrected chi connectivity index (χ1v) is 8.78. The lowest BCUT2D eigenvalue weighted by molar-refractivity contribution is -0.119. The second kappa shape index (κ2) is 8.22. The summed E-state index contributed by atoms with van der Waals surface area (Å²) in [6.45, 7) is 3.13. The summed E-state index contributed by atoms with van der Waals surface area (Å²) < 4.78 is 20.2. The smallest absolute Gasteiger partial charge is 0.338 e. The second-order valence-electron chi connectivity index (χ2n) is 6.05. The first-order valence-electron chi connectivity index (χ1n) is 8.40. The van der Waals surface area contributed by atoms with Crippen molar-refractivity contribution in [2.24, 2.45) is 0 Å². The molecule has 6 nitrogen and oxygen atoms in total. The summed E-state index contributed by atoms with van der Waals surface area (Å²) in [5.74, 6) is -1.86. The lowest BCUT2D eigenvalue weighted by Crippen LogP contribution is -2.21. The van der Waals surface area contributed by atoms with Crippen LogP contribution in [0.15, 0.2) is 48.5 Å². The molecular formula is C20H17ClFN3O3. The van der Waals surface area contributed by atoms with E-state index >= 15 is 0 Å². The third-order valence-electron chi connectivity index (χ3n) is 4.03. The molecule has 1 N–H and O–H groups in total. The fourth-order valence-electron chi connectivity index (χ4n) is 2.58. The standard InChI is InChI=1S/C20H17ClFN3O3/c1-12-19(21)13(2)25(24-12)15-9-7-14(8-10-15)20(27)28-11-18(26)23-17-6-4-3-5-16(17)22/h3-10H,11H2,1-2H3,(H,23,26). The van der Waals surface area contributed by atoms with Crippen LogP contribution in [0, 0.1) is 19.7 Å². The highest BCUT2D eigenvalue weighted by Crippen LogP contribution is 2.22. The molecule has 8 heteroatoms. The van der Waals surface area contributed by atoms with E-state index in [4.69, 9.17) is 16.3 Å². The first-order chi connectivity index (χ1) is 13.4. The fourth-order valence-corrected chi connectivity index (χ4v) is 2.69. The summed E-state index contributed by atoms with van der Waals surface area (Å²) in [5, 5.41) is 7.28. The zero-order valence-corrected chi connectivity index (χ0v) is 16.0. The minimum atomic E-state index is -0.665. The number of anilines is 1. The number of para-hydroxylation sites is 1. The molecule has 0 bridgehead atoms. The second-order valence-corrected chi connectivity index (χ2v) is 6.43. The lowest BCUT2D eigenvalue weighted by Gasteiger charge is -2.08. The molecule has 1 amide bonds. The Bertz CT molecular complexity index is 1030. The highest BCUT2D eigenvalue weighted by atomic mass is 35.5. The average molecular weight is 402 g/mol. The van der Waals surface area contributed by atoms with Crippen molar-refractivity contribution in [1.29, 1.82) is 0 Å². The van der Waals surface area contributed by atoms with Crippen molar-refractivity contribution in [2.45, 2.75) is 13.8 Å². The van der Waals surface area contributed by atoms with Crippen molar-refractivity contribution in [2.75, 3.05) is 11.9 Å². The molecule has 0 aliphatic rings. The summed E-state index contributed by atoms with van der Waals surface area (Å²) in [7, 11) is 0. The summed E-state index contributed by atoms with van der Waals surface area (Å²) >= 11 is 6.15. The molecule has 0 aliphatic carbocycles. The predicted molar refractivity (Wildman–Crippen MR) is 103 cm³/mol. The Morgan fingerprint density at radius 1 is 1.14 bits per heavy atom. The molecule has 0 saturated carbocycles. The maximum Gasteiger partial charge on any atom is 0.338 e. The number of carbonyl (C=O) groups is 2. The minimum Gasteiger partial charge on any atom is -0.452 e. The zero-order chi connectivity index (χ0) is 20.3. The molecule has 0 atom stereocenters. The number of benzene rings is 2. The number of ether oxygens (including phenoxy) is 1. The van der Waals surface area contributed by atoms with Gasteiger partial charge >= 0.3 is 5.97 Å². The Balaban J connectivity index is 1.61. The van der Waals surface area contributed by atoms with Gasteiger partial charge in [0.25, 0.3) is 5.91 Å². The summed E-state index contributed by atoms with van der Waals surface area (Å²) in [6.07, 6.45) is 0. The van der Waals surface area contributed by atoms with E-state index in [9.17, 15) is 14.0 Å². The van der Waals surface area contributed by atoms with Gasteiger partial charge in [0.15, 0.2) is 6.61 Å². The van der Waals surface area contributed by atoms with Crippen LogP contribution >= 0.6 is 11.6 Å². The quantitative estimate of drug-likeness (QED) is 0.654. The van der Waals surface area contributed by atoms with Gasteiger partial charge in [0.1, 0.15) is 5.82 Å². The molecule has 1 aromatic heterocycles. The van der Waals surface area contributed by atoms with E-state index in [1.165, 1.54) is 18.2 Å². The summed E-state index contributed by atoms with van der Waals surface area (Å²) in [4.78, 5) is 24.0. The van der Waals surface area contributed by atoms with Crippen molar-refractivity contribution in [1.82, 2.24) is 9.78 Å². The molecule has 0 aliphatic heterocycles. The van der Waals surface area contributed by atoms with Gasteiger partial charge < -0.3 is 10.1 Å². The largest absolute Gasteiger partial charge is 0.452 e. The Kier molecular flexibility index (Phi) is 5.75. The number of hydrogen-bond donors (Lipinski definition) is 1. The fraction of sp³-hybridized carbons (Fsp3) is 0.150. The molecule has 144 valence electrons. The molecule has 28 heavy (non-hydrogen) atoms. The minimum absolute atomic E-state index is 0.0245. The number of rotatable bonds is 5. The average Bonchev–Trinajstić information content (AvgIpc) is 2.95. The third-order valence-corrected chi connectivity index (χ3v) is 4.58. The number of hydrogen-bond acceptors (Lipinski definition) is 4. The molecule has 0 fully saturated rings. The summed E-state index contributed by atoms with van der Waals surface area (Å²) in [5.41, 5.74) is 2.54. The maximum absolute atomic E-state index is 13.5. The molecule has 2 aromatic carbocycles. The number of nitrogens with zero attached hydrogens (tertiary/aromatic N) is 2. The number of aryl methyl sites for hydroxylation is 1. The highest BCUT2D eigenvalue weighted by Gasteiger charge is 2.14. The first kappa shape index (κ1) is 19.6. The van der Waals surface area contributed by atoms with Crippen LogP contribution in [-0.4, -0.2) is 28.3 Å². The van der Waals surface area contributed by atoms with Gasteiger partial charge in [-0.25, -0.2) is 13.9 Å². The number of halogens is 2. The van der Waals surface area contributed by atoms with Gasteiger partial charge in [-0.1, -0.05) is 23.7 Å². The number of esters is 1. The van der Waals surface area contributed by atoms with Crippen LogP contribution in [0.2, 0.25) is 5.02 Å². The van der Waals surface area contributed by atoms with Gasteiger partial charge in [-0.15, -0.1) is 0 Å². The van der Waals surface area contributed by atoms with E-state index < -0.39 is 24.3 Å². The van der Waals surface area contributed by atoms with Crippen molar-refractivity contribution in [3.05, 3.63) is 76.3 Å². The Morgan fingerprint density at radius 2 is 1.82 bits per heavy atom. The SMILES string of the molecule is Cc1nn(-c2ccc(C(=O)OCC(=O)Nc3ccccc3F)cc2)c(C)c1Cl. The van der Waals surface area contributed by atoms with Gasteiger partial charge in [0.05, 0.1) is 33.3 Å². The molecular weight excluding hydrogens is 385 g/mol. The third kappa shape index (κ3) is 4.20. The molecule has 0 unspecified atom stereocenters. The van der Waals surface area contributed by atoms with Crippen LogP contribution in [0.4, 0.5) is 10.1 Å². The lowest BCUT2D eigenvalue weighted by atomic mass is 10.2. The van der Waals surface area contributed by atoms with E-state index in [0.717, 1.165) is 11.4 Å². The van der Waals surface area contributed by atoms with Crippen LogP contribution in [0.3, 0.4) is 0 Å². The zero-order valence-electron chi connectivity index (χ0n) is 15.2. The van der Waals surface area contributed by atoms with E-state index in [1.807, 2.05) is 13.8 Å². The van der Waals surface area contributed by atoms with Crippen LogP contribution in [0.1, 0.15) is 21.7 Å². The van der Waals surface area contributed by atoms with Crippen molar-refractivity contribution < 1.29 is 18.7 Å². The Morgan fingerprint density at radius 3 is 2.43 bits per heavy atom. The van der Waals surface area contributed by atoms with E-state index in [2.05, 4.69) is 10.4 Å². The van der Waals surface area contributed by atoms with Crippen LogP contribution in [-0.2, 0) is 9.53 Å². The monoisotopic (exact) mass is 401 g/mol. The molecule has 1 heterocycles. The van der Waals surface area contributed by atoms with E-state index in [1.54, 1.807) is 35.0 Å². The number of aromatic nitrogens is 2. The van der Waals surface area contributed by atoms with Gasteiger partial charge in [-0.05, 0) is 50.2 Å². The van der Waals surface area contributed by atoms with Crippen molar-refractivity contribution in [3.8, 4) is 5.69 Å². The highest BCUT2D eigenvalue weighted by molar-refractivity contribution is 6.31. The molecule has 0 radical (unpaired) electrons. The Labute approximate surface area is 165 Å². The molecule has 3 aromatic rings. The van der Waals surface area contributed by atoms with Gasteiger partial charge in [0, 0.05) is 0 Å². The van der Waals surface area contributed by atoms with Gasteiger partial charge in [-0.3, -0.25) is 4.79 Å². The molecule has 0 saturated heterocycles. The van der Waals surface area contributed by atoms with Crippen molar-refractivity contribution >= 4 is 29.2 Å². The topological polar surface area (TPSA) is 73.2 Å². The Hall–Kier alpha value is -3.19. The van der Waals surface area contributed by atoms with Gasteiger partial charge in [-0.2, -0.15) is 5.10 Å². The maximum atomic E-state index is 13.5. The molecule has 0 spiro atoms. The molecule has 3 rings (SSSR count). The predicted octanol–water partition coefficient (Wildman–Crippen LogP) is 4.08. The van der Waals surface area contributed by atoms with Crippen LogP contribution < -0.4 is 5.32 Å². The normalized spacial score (nSPS) is 10.6. The van der Waals surface area contributed by atoms with Crippen LogP contribution in [0.5, 0.6) is 0 Å². The number of nitrogens with one attached hydrogen (secondary N) is 1. The van der Waals surface area contributed by atoms with Gasteiger partial charge in [0.2, 0.25) is 0 Å². The van der Waals surface area contributed by atoms with Crippen LogP contribution in [0.25, 0.3) is 5.69 Å². The number of amides is 1. The van der Waals surface area contributed by atoms with E-state index in [0.29, 0.717) is 10.7 Å². The number of carbonyl (C=O) groups excluding carboxylic acids is 2.